The van der Waals surface area contributed by atoms with Gasteiger partial charge in [-0.1, -0.05) is 12.2 Å². The van der Waals surface area contributed by atoms with E-state index >= 15 is 0 Å². The van der Waals surface area contributed by atoms with Crippen LogP contribution in [0.4, 0.5) is 0 Å². The zero-order valence-corrected chi connectivity index (χ0v) is 9.76. The second-order valence-corrected chi connectivity index (χ2v) is 4.61. The zero-order valence-electron chi connectivity index (χ0n) is 9.76. The van der Waals surface area contributed by atoms with Gasteiger partial charge in [0.15, 0.2) is 0 Å². The van der Waals surface area contributed by atoms with Crippen molar-refractivity contribution in [2.75, 3.05) is 19.6 Å². The lowest BCUT2D eigenvalue weighted by Gasteiger charge is -2.34. The number of nitrogens with zero attached hydrogens (tertiary/aromatic N) is 1. The van der Waals surface area contributed by atoms with Gasteiger partial charge in [0, 0.05) is 26.1 Å². The van der Waals surface area contributed by atoms with E-state index in [2.05, 4.69) is 17.5 Å². The predicted octanol–water partition coefficient (Wildman–Crippen LogP) is 0.228. The standard InChI is InChI=1S/C12H18N2O3/c15-11(7-9-3-1-2-4-9)14-6-5-13-8-10(14)12(16)17/h1,3,9-10,13H,2,4-8H2,(H,16,17). The van der Waals surface area contributed by atoms with Gasteiger partial charge in [-0.25, -0.2) is 4.79 Å². The van der Waals surface area contributed by atoms with E-state index in [1.54, 1.807) is 0 Å². The van der Waals surface area contributed by atoms with E-state index in [9.17, 15) is 9.59 Å². The SMILES string of the molecule is O=C(O)C1CNCCN1C(=O)CC1C=CCC1. The number of carboxylic acids is 1. The van der Waals surface area contributed by atoms with Gasteiger partial charge in [0.1, 0.15) is 6.04 Å². The van der Waals surface area contributed by atoms with Crippen molar-refractivity contribution in [1.29, 1.82) is 0 Å². The Bertz CT molecular complexity index is 341. The van der Waals surface area contributed by atoms with Crippen LogP contribution >= 0.6 is 0 Å². The molecule has 0 bridgehead atoms. The molecule has 1 heterocycles. The number of hydrogen-bond donors (Lipinski definition) is 2. The van der Waals surface area contributed by atoms with Crippen LogP contribution in [0.1, 0.15) is 19.3 Å². The van der Waals surface area contributed by atoms with Crippen molar-refractivity contribution in [2.24, 2.45) is 5.92 Å². The average Bonchev–Trinajstić information content (AvgIpc) is 2.81. The molecule has 1 saturated heterocycles. The van der Waals surface area contributed by atoms with Crippen LogP contribution in [0.5, 0.6) is 0 Å². The number of rotatable bonds is 3. The molecule has 0 aromatic heterocycles. The minimum atomic E-state index is -0.924. The lowest BCUT2D eigenvalue weighted by Crippen LogP contribution is -2.57. The molecular formula is C12H18N2O3. The van der Waals surface area contributed by atoms with E-state index in [-0.39, 0.29) is 5.91 Å². The fraction of sp³-hybridized carbons (Fsp3) is 0.667. The molecule has 5 heteroatoms. The van der Waals surface area contributed by atoms with Crippen LogP contribution in [-0.2, 0) is 9.59 Å². The molecule has 0 aromatic carbocycles. The molecule has 1 fully saturated rings. The second-order valence-electron chi connectivity index (χ2n) is 4.61. The summed E-state index contributed by atoms with van der Waals surface area (Å²) in [6.07, 6.45) is 6.64. The van der Waals surface area contributed by atoms with Crippen LogP contribution in [0.25, 0.3) is 0 Å². The Morgan fingerprint density at radius 2 is 2.29 bits per heavy atom. The molecule has 2 N–H and O–H groups in total. The van der Waals surface area contributed by atoms with Crippen LogP contribution in [0.3, 0.4) is 0 Å². The van der Waals surface area contributed by atoms with E-state index < -0.39 is 12.0 Å². The molecule has 2 rings (SSSR count). The normalized spacial score (nSPS) is 28.4. The third kappa shape index (κ3) is 2.85. The largest absolute Gasteiger partial charge is 0.480 e. The van der Waals surface area contributed by atoms with Crippen LogP contribution in [0.15, 0.2) is 12.2 Å². The molecule has 2 unspecified atom stereocenters. The van der Waals surface area contributed by atoms with Crippen molar-refractivity contribution in [3.8, 4) is 0 Å². The molecule has 1 aliphatic heterocycles. The fourth-order valence-corrected chi connectivity index (χ4v) is 2.43. The van der Waals surface area contributed by atoms with Crippen LogP contribution in [0.2, 0.25) is 0 Å². The summed E-state index contributed by atoms with van der Waals surface area (Å²) in [6.45, 7) is 1.52. The zero-order chi connectivity index (χ0) is 12.3. The summed E-state index contributed by atoms with van der Waals surface area (Å²) < 4.78 is 0. The van der Waals surface area contributed by atoms with Gasteiger partial charge < -0.3 is 15.3 Å². The number of carbonyl (C=O) groups is 2. The molecule has 0 spiro atoms. The lowest BCUT2D eigenvalue weighted by molar-refractivity contribution is -0.151. The van der Waals surface area contributed by atoms with Crippen LogP contribution in [0, 0.1) is 5.92 Å². The van der Waals surface area contributed by atoms with Crippen LogP contribution in [-0.4, -0.2) is 47.6 Å². The number of carbonyl (C=O) groups excluding carboxylic acids is 1. The monoisotopic (exact) mass is 238 g/mol. The summed E-state index contributed by atoms with van der Waals surface area (Å²) in [6, 6.07) is -0.707. The van der Waals surface area contributed by atoms with Crippen LogP contribution < -0.4 is 5.32 Å². The molecule has 5 nitrogen and oxygen atoms in total. The minimum absolute atomic E-state index is 0.0320. The fourth-order valence-electron chi connectivity index (χ4n) is 2.43. The molecule has 0 radical (unpaired) electrons. The molecular weight excluding hydrogens is 220 g/mol. The van der Waals surface area contributed by atoms with Gasteiger partial charge in [0.25, 0.3) is 0 Å². The van der Waals surface area contributed by atoms with Gasteiger partial charge in [0.05, 0.1) is 0 Å². The van der Waals surface area contributed by atoms with Crippen molar-refractivity contribution in [1.82, 2.24) is 10.2 Å². The maximum Gasteiger partial charge on any atom is 0.327 e. The lowest BCUT2D eigenvalue weighted by atomic mass is 10.0. The summed E-state index contributed by atoms with van der Waals surface area (Å²) in [7, 11) is 0. The van der Waals surface area contributed by atoms with Crippen molar-refractivity contribution in [3.05, 3.63) is 12.2 Å². The summed E-state index contributed by atoms with van der Waals surface area (Å²) in [5.74, 6) is -0.658. The highest BCUT2D eigenvalue weighted by Crippen LogP contribution is 2.22. The average molecular weight is 238 g/mol. The third-order valence-corrected chi connectivity index (χ3v) is 3.40. The summed E-state index contributed by atoms with van der Waals surface area (Å²) in [5, 5.41) is 12.1. The molecule has 17 heavy (non-hydrogen) atoms. The topological polar surface area (TPSA) is 69.6 Å². The van der Waals surface area contributed by atoms with Gasteiger partial charge in [-0.15, -0.1) is 0 Å². The van der Waals surface area contributed by atoms with Crippen molar-refractivity contribution in [2.45, 2.75) is 25.3 Å². The third-order valence-electron chi connectivity index (χ3n) is 3.40. The van der Waals surface area contributed by atoms with Crippen molar-refractivity contribution < 1.29 is 14.7 Å². The number of carboxylic acid groups (broad SMARTS) is 1. The molecule has 0 saturated carbocycles. The summed E-state index contributed by atoms with van der Waals surface area (Å²) >= 11 is 0. The maximum absolute atomic E-state index is 12.1. The summed E-state index contributed by atoms with van der Waals surface area (Å²) in [5.41, 5.74) is 0. The van der Waals surface area contributed by atoms with E-state index in [4.69, 9.17) is 5.11 Å². The molecule has 94 valence electrons. The van der Waals surface area contributed by atoms with E-state index in [0.29, 0.717) is 32.0 Å². The first-order valence-electron chi connectivity index (χ1n) is 6.08. The Morgan fingerprint density at radius 3 is 2.94 bits per heavy atom. The Morgan fingerprint density at radius 1 is 1.47 bits per heavy atom. The predicted molar refractivity (Wildman–Crippen MR) is 62.5 cm³/mol. The number of allylic oxidation sites excluding steroid dienone is 2. The Labute approximate surface area is 100 Å². The highest BCUT2D eigenvalue weighted by atomic mass is 16.4. The van der Waals surface area contributed by atoms with Gasteiger partial charge in [-0.05, 0) is 18.8 Å². The van der Waals surface area contributed by atoms with E-state index in [0.717, 1.165) is 12.8 Å². The van der Waals surface area contributed by atoms with Crippen molar-refractivity contribution in [3.63, 3.8) is 0 Å². The number of piperazine rings is 1. The first-order chi connectivity index (χ1) is 8.18. The Kier molecular flexibility index (Phi) is 3.78. The van der Waals surface area contributed by atoms with Crippen molar-refractivity contribution >= 4 is 11.9 Å². The Hall–Kier alpha value is -1.36. The minimum Gasteiger partial charge on any atom is -0.480 e. The molecule has 0 aromatic rings. The quantitative estimate of drug-likeness (QED) is 0.690. The molecule has 1 aliphatic carbocycles. The highest BCUT2D eigenvalue weighted by molar-refractivity contribution is 5.84. The number of nitrogens with one attached hydrogen (secondary N) is 1. The van der Waals surface area contributed by atoms with Gasteiger partial charge in [-0.3, -0.25) is 4.79 Å². The van der Waals surface area contributed by atoms with Gasteiger partial charge in [0.2, 0.25) is 5.91 Å². The van der Waals surface area contributed by atoms with Gasteiger partial charge in [-0.2, -0.15) is 0 Å². The second kappa shape index (κ2) is 5.31. The smallest absolute Gasteiger partial charge is 0.327 e. The van der Waals surface area contributed by atoms with E-state index in [1.165, 1.54) is 4.90 Å². The summed E-state index contributed by atoms with van der Waals surface area (Å²) in [4.78, 5) is 24.6. The molecule has 1 amide bonds. The highest BCUT2D eigenvalue weighted by Gasteiger charge is 2.32. The number of amides is 1. The molecule has 2 aliphatic rings. The molecule has 2 atom stereocenters. The van der Waals surface area contributed by atoms with E-state index in [1.807, 2.05) is 0 Å². The number of hydrogen-bond acceptors (Lipinski definition) is 3. The first-order valence-corrected chi connectivity index (χ1v) is 6.08. The number of aliphatic carboxylic acids is 1. The first kappa shape index (κ1) is 12.1. The Balaban J connectivity index is 1.95. The maximum atomic E-state index is 12.1. The van der Waals surface area contributed by atoms with Gasteiger partial charge >= 0.3 is 5.97 Å².